The Kier molecular flexibility index (Phi) is 5.39. The number of rotatable bonds is 4. The molecule has 2 aliphatic rings. The summed E-state index contributed by atoms with van der Waals surface area (Å²) in [6.07, 6.45) is 6.20. The molecule has 1 aliphatic heterocycles. The summed E-state index contributed by atoms with van der Waals surface area (Å²) in [6.45, 7) is 2.06. The molecule has 1 aliphatic carbocycles. The summed E-state index contributed by atoms with van der Waals surface area (Å²) >= 11 is 6.62. The maximum atomic E-state index is 13.3. The number of aromatic nitrogens is 3. The monoisotopic (exact) mass is 452 g/mol. The molecule has 0 spiro atoms. The van der Waals surface area contributed by atoms with E-state index in [4.69, 9.17) is 16.3 Å². The first-order chi connectivity index (χ1) is 15.4. The van der Waals surface area contributed by atoms with E-state index in [0.29, 0.717) is 29.2 Å². The topological polar surface area (TPSA) is 80.5 Å². The van der Waals surface area contributed by atoms with Crippen LogP contribution in [0.4, 0.5) is 0 Å². The molecule has 1 saturated carbocycles. The standard InChI is InChI=1S/C24H25ClN4O3/c1-14-16(10-15-6-7-18(26-12-15)19-8-9-28(2)27-19)11-17-23(22(14)25)32-13-29(24(17)31)20-4-3-5-21(20)30/h6-9,11-12,20-21,30H,3-5,10,13H2,1-2H3. The smallest absolute Gasteiger partial charge is 0.260 e. The highest BCUT2D eigenvalue weighted by molar-refractivity contribution is 6.33. The van der Waals surface area contributed by atoms with Gasteiger partial charge in [0.25, 0.3) is 5.91 Å². The van der Waals surface area contributed by atoms with E-state index in [0.717, 1.165) is 40.9 Å². The summed E-state index contributed by atoms with van der Waals surface area (Å²) < 4.78 is 7.64. The fraction of sp³-hybridized carbons (Fsp3) is 0.375. The highest BCUT2D eigenvalue weighted by atomic mass is 35.5. The van der Waals surface area contributed by atoms with Gasteiger partial charge in [-0.15, -0.1) is 0 Å². The predicted molar refractivity (Wildman–Crippen MR) is 121 cm³/mol. The number of carbonyl (C=O) groups excluding carboxylic acids is 1. The molecule has 0 bridgehead atoms. The van der Waals surface area contributed by atoms with Crippen LogP contribution in [0.1, 0.15) is 46.3 Å². The molecule has 3 heterocycles. The molecule has 2 atom stereocenters. The van der Waals surface area contributed by atoms with Crippen LogP contribution < -0.4 is 4.74 Å². The van der Waals surface area contributed by atoms with Crippen molar-refractivity contribution in [1.82, 2.24) is 19.7 Å². The number of aryl methyl sites for hydroxylation is 1. The minimum Gasteiger partial charge on any atom is -0.471 e. The predicted octanol–water partition coefficient (Wildman–Crippen LogP) is 3.74. The molecule has 2 aromatic heterocycles. The normalized spacial score (nSPS) is 20.4. The maximum absolute atomic E-state index is 13.3. The van der Waals surface area contributed by atoms with Crippen LogP contribution >= 0.6 is 11.6 Å². The second-order valence-corrected chi connectivity index (χ2v) is 8.95. The second-order valence-electron chi connectivity index (χ2n) is 8.57. The zero-order chi connectivity index (χ0) is 22.4. The second kappa shape index (κ2) is 8.22. The molecular formula is C24H25ClN4O3. The number of aliphatic hydroxyl groups excluding tert-OH is 1. The third-order valence-electron chi connectivity index (χ3n) is 6.45. The largest absolute Gasteiger partial charge is 0.471 e. The van der Waals surface area contributed by atoms with E-state index in [1.54, 1.807) is 9.58 Å². The van der Waals surface area contributed by atoms with Crippen molar-refractivity contribution in [3.8, 4) is 17.1 Å². The Morgan fingerprint density at radius 3 is 2.75 bits per heavy atom. The fourth-order valence-electron chi connectivity index (χ4n) is 4.59. The van der Waals surface area contributed by atoms with Gasteiger partial charge in [-0.1, -0.05) is 17.7 Å². The lowest BCUT2D eigenvalue weighted by Crippen LogP contribution is -2.48. The van der Waals surface area contributed by atoms with Gasteiger partial charge in [0.2, 0.25) is 0 Å². The van der Waals surface area contributed by atoms with Crippen molar-refractivity contribution in [3.63, 3.8) is 0 Å². The highest BCUT2D eigenvalue weighted by Crippen LogP contribution is 2.39. The first kappa shape index (κ1) is 21.0. The van der Waals surface area contributed by atoms with Crippen LogP contribution in [0.15, 0.2) is 36.7 Å². The number of ether oxygens (including phenoxy) is 1. The van der Waals surface area contributed by atoms with Gasteiger partial charge in [-0.05, 0) is 67.5 Å². The number of aliphatic hydroxyl groups is 1. The summed E-state index contributed by atoms with van der Waals surface area (Å²) in [7, 11) is 1.88. The Hall–Kier alpha value is -2.90. The van der Waals surface area contributed by atoms with E-state index in [2.05, 4.69) is 10.1 Å². The molecule has 1 amide bonds. The number of pyridine rings is 1. The third kappa shape index (κ3) is 3.65. The molecule has 32 heavy (non-hydrogen) atoms. The van der Waals surface area contributed by atoms with Gasteiger partial charge in [0, 0.05) is 19.4 Å². The van der Waals surface area contributed by atoms with E-state index >= 15 is 0 Å². The Bertz CT molecular complexity index is 1170. The van der Waals surface area contributed by atoms with E-state index in [-0.39, 0.29) is 18.7 Å². The first-order valence-corrected chi connectivity index (χ1v) is 11.2. The number of carbonyl (C=O) groups is 1. The zero-order valence-corrected chi connectivity index (χ0v) is 18.8. The number of hydrogen-bond donors (Lipinski definition) is 1. The van der Waals surface area contributed by atoms with Crippen LogP contribution in [0.3, 0.4) is 0 Å². The van der Waals surface area contributed by atoms with E-state index < -0.39 is 6.10 Å². The van der Waals surface area contributed by atoms with Gasteiger partial charge in [0.15, 0.2) is 12.5 Å². The van der Waals surface area contributed by atoms with Gasteiger partial charge in [-0.2, -0.15) is 5.10 Å². The Labute approximate surface area is 191 Å². The van der Waals surface area contributed by atoms with Crippen LogP contribution in [0.2, 0.25) is 5.02 Å². The number of amides is 1. The van der Waals surface area contributed by atoms with Crippen molar-refractivity contribution in [2.24, 2.45) is 7.05 Å². The van der Waals surface area contributed by atoms with E-state index in [9.17, 15) is 9.90 Å². The summed E-state index contributed by atoms with van der Waals surface area (Å²) in [5, 5.41) is 15.1. The molecule has 8 heteroatoms. The van der Waals surface area contributed by atoms with Crippen LogP contribution in [0.25, 0.3) is 11.4 Å². The molecule has 1 aromatic carbocycles. The minimum atomic E-state index is -0.506. The zero-order valence-electron chi connectivity index (χ0n) is 18.1. The van der Waals surface area contributed by atoms with Crippen LogP contribution in [-0.4, -0.2) is 49.6 Å². The molecule has 7 nitrogen and oxygen atoms in total. The molecule has 3 aromatic rings. The van der Waals surface area contributed by atoms with Gasteiger partial charge in [-0.25, -0.2) is 0 Å². The first-order valence-electron chi connectivity index (χ1n) is 10.8. The van der Waals surface area contributed by atoms with Gasteiger partial charge in [0.1, 0.15) is 5.69 Å². The van der Waals surface area contributed by atoms with Gasteiger partial charge >= 0.3 is 0 Å². The van der Waals surface area contributed by atoms with Crippen molar-refractivity contribution < 1.29 is 14.6 Å². The number of halogens is 1. The number of hydrogen-bond acceptors (Lipinski definition) is 5. The maximum Gasteiger partial charge on any atom is 0.260 e. The summed E-state index contributed by atoms with van der Waals surface area (Å²) in [6, 6.07) is 7.56. The Morgan fingerprint density at radius 1 is 1.25 bits per heavy atom. The number of nitrogens with zero attached hydrogens (tertiary/aromatic N) is 4. The third-order valence-corrected chi connectivity index (χ3v) is 6.91. The Morgan fingerprint density at radius 2 is 2.09 bits per heavy atom. The van der Waals surface area contributed by atoms with E-state index in [1.807, 2.05) is 50.6 Å². The molecule has 5 rings (SSSR count). The SMILES string of the molecule is Cc1c(Cc2ccc(-c3ccn(C)n3)nc2)cc2c(c1Cl)OCN(C1CCCC1O)C2=O. The molecule has 166 valence electrons. The van der Waals surface area contributed by atoms with Crippen LogP contribution in [0.5, 0.6) is 5.75 Å². The van der Waals surface area contributed by atoms with Crippen molar-refractivity contribution in [2.45, 2.75) is 44.8 Å². The summed E-state index contributed by atoms with van der Waals surface area (Å²) in [5.74, 6) is 0.300. The van der Waals surface area contributed by atoms with Crippen molar-refractivity contribution in [2.75, 3.05) is 6.73 Å². The molecular weight excluding hydrogens is 428 g/mol. The molecule has 1 N–H and O–H groups in total. The molecule has 1 fully saturated rings. The fourth-order valence-corrected chi connectivity index (χ4v) is 4.87. The summed E-state index contributed by atoms with van der Waals surface area (Å²) in [4.78, 5) is 19.5. The number of fused-ring (bicyclic) bond motifs is 1. The van der Waals surface area contributed by atoms with E-state index in [1.165, 1.54) is 0 Å². The lowest BCUT2D eigenvalue weighted by Gasteiger charge is -2.35. The van der Waals surface area contributed by atoms with Gasteiger partial charge in [0.05, 0.1) is 28.4 Å². The van der Waals surface area contributed by atoms with Crippen molar-refractivity contribution in [3.05, 3.63) is 63.9 Å². The van der Waals surface area contributed by atoms with Gasteiger partial charge < -0.3 is 9.84 Å². The minimum absolute atomic E-state index is 0.116. The lowest BCUT2D eigenvalue weighted by atomic mass is 9.96. The van der Waals surface area contributed by atoms with Crippen LogP contribution in [-0.2, 0) is 13.5 Å². The average molecular weight is 453 g/mol. The molecule has 2 unspecified atom stereocenters. The van der Waals surface area contributed by atoms with Crippen molar-refractivity contribution >= 4 is 17.5 Å². The summed E-state index contributed by atoms with van der Waals surface area (Å²) in [5.41, 5.74) is 4.94. The average Bonchev–Trinajstić information content (AvgIpc) is 3.41. The number of benzene rings is 1. The lowest BCUT2D eigenvalue weighted by molar-refractivity contribution is 0.0127. The molecule has 0 radical (unpaired) electrons. The molecule has 0 saturated heterocycles. The van der Waals surface area contributed by atoms with Crippen molar-refractivity contribution in [1.29, 1.82) is 0 Å². The van der Waals surface area contributed by atoms with Crippen LogP contribution in [0, 0.1) is 6.92 Å². The highest BCUT2D eigenvalue weighted by Gasteiger charge is 2.38. The Balaban J connectivity index is 1.42. The quantitative estimate of drug-likeness (QED) is 0.652. The van der Waals surface area contributed by atoms with Gasteiger partial charge in [-0.3, -0.25) is 19.4 Å².